The summed E-state index contributed by atoms with van der Waals surface area (Å²) in [6, 6.07) is 11.0. The lowest BCUT2D eigenvalue weighted by Crippen LogP contribution is -2.33. The second kappa shape index (κ2) is 10.1. The lowest BCUT2D eigenvalue weighted by atomic mass is 10.1. The minimum atomic E-state index is -0.330. The Morgan fingerprint density at radius 1 is 0.900 bits per heavy atom. The van der Waals surface area contributed by atoms with E-state index in [2.05, 4.69) is 20.9 Å². The Kier molecular flexibility index (Phi) is 7.33. The SMILES string of the molecule is CCCNC(=O)c1cc(NC(=O)Nc2ccc(C)c(C)c2)ccc1N1CCCCC1. The van der Waals surface area contributed by atoms with Crippen molar-refractivity contribution in [2.75, 3.05) is 35.2 Å². The number of carbonyl (C=O) groups is 2. The summed E-state index contributed by atoms with van der Waals surface area (Å²) in [7, 11) is 0. The van der Waals surface area contributed by atoms with Gasteiger partial charge in [-0.05, 0) is 81.0 Å². The number of nitrogens with one attached hydrogen (secondary N) is 3. The summed E-state index contributed by atoms with van der Waals surface area (Å²) in [5.41, 5.74) is 5.17. The van der Waals surface area contributed by atoms with Crippen molar-refractivity contribution in [3.05, 3.63) is 53.1 Å². The van der Waals surface area contributed by atoms with Crippen LogP contribution in [0.2, 0.25) is 0 Å². The molecule has 6 heteroatoms. The van der Waals surface area contributed by atoms with Crippen LogP contribution in [0.5, 0.6) is 0 Å². The van der Waals surface area contributed by atoms with Crippen molar-refractivity contribution in [3.63, 3.8) is 0 Å². The van der Waals surface area contributed by atoms with Crippen LogP contribution in [0.4, 0.5) is 21.9 Å². The fourth-order valence-corrected chi connectivity index (χ4v) is 3.65. The number of amides is 3. The average Bonchev–Trinajstić information content (AvgIpc) is 2.75. The Balaban J connectivity index is 1.77. The number of benzene rings is 2. The van der Waals surface area contributed by atoms with Crippen molar-refractivity contribution < 1.29 is 9.59 Å². The number of urea groups is 1. The molecule has 1 heterocycles. The zero-order valence-corrected chi connectivity index (χ0v) is 18.2. The second-order valence-corrected chi connectivity index (χ2v) is 7.91. The number of anilines is 3. The Labute approximate surface area is 179 Å². The van der Waals surface area contributed by atoms with Crippen LogP contribution in [0.3, 0.4) is 0 Å². The molecule has 0 saturated carbocycles. The topological polar surface area (TPSA) is 73.5 Å². The molecule has 0 bridgehead atoms. The lowest BCUT2D eigenvalue weighted by Gasteiger charge is -2.30. The summed E-state index contributed by atoms with van der Waals surface area (Å²) in [6.45, 7) is 8.61. The number of hydrogen-bond acceptors (Lipinski definition) is 3. The molecular weight excluding hydrogens is 376 g/mol. The van der Waals surface area contributed by atoms with E-state index < -0.39 is 0 Å². The molecular formula is C24H32N4O2. The van der Waals surface area contributed by atoms with E-state index in [0.717, 1.165) is 49.3 Å². The quantitative estimate of drug-likeness (QED) is 0.624. The van der Waals surface area contributed by atoms with Gasteiger partial charge in [-0.1, -0.05) is 13.0 Å². The monoisotopic (exact) mass is 408 g/mol. The minimum Gasteiger partial charge on any atom is -0.371 e. The third-order valence-electron chi connectivity index (χ3n) is 5.50. The van der Waals surface area contributed by atoms with Gasteiger partial charge < -0.3 is 20.9 Å². The van der Waals surface area contributed by atoms with Gasteiger partial charge in [0.1, 0.15) is 0 Å². The fraction of sp³-hybridized carbons (Fsp3) is 0.417. The number of rotatable bonds is 6. The van der Waals surface area contributed by atoms with Crippen LogP contribution >= 0.6 is 0 Å². The molecule has 160 valence electrons. The largest absolute Gasteiger partial charge is 0.371 e. The summed E-state index contributed by atoms with van der Waals surface area (Å²) in [5.74, 6) is -0.101. The van der Waals surface area contributed by atoms with Crippen molar-refractivity contribution in [1.82, 2.24) is 5.32 Å². The molecule has 1 aliphatic heterocycles. The van der Waals surface area contributed by atoms with E-state index in [4.69, 9.17) is 0 Å². The molecule has 1 saturated heterocycles. The summed E-state index contributed by atoms with van der Waals surface area (Å²) >= 11 is 0. The molecule has 3 N–H and O–H groups in total. The minimum absolute atomic E-state index is 0.101. The van der Waals surface area contributed by atoms with Gasteiger partial charge in [-0.2, -0.15) is 0 Å². The zero-order valence-electron chi connectivity index (χ0n) is 18.2. The van der Waals surface area contributed by atoms with Crippen molar-refractivity contribution in [2.45, 2.75) is 46.5 Å². The third-order valence-corrected chi connectivity index (χ3v) is 5.50. The second-order valence-electron chi connectivity index (χ2n) is 7.91. The maximum absolute atomic E-state index is 12.8. The zero-order chi connectivity index (χ0) is 21.5. The fourth-order valence-electron chi connectivity index (χ4n) is 3.65. The van der Waals surface area contributed by atoms with Gasteiger partial charge in [0.25, 0.3) is 5.91 Å². The normalized spacial score (nSPS) is 13.6. The van der Waals surface area contributed by atoms with Gasteiger partial charge in [0.05, 0.1) is 5.56 Å². The average molecular weight is 409 g/mol. The summed E-state index contributed by atoms with van der Waals surface area (Å²) in [6.07, 6.45) is 4.37. The number of hydrogen-bond donors (Lipinski definition) is 3. The first-order chi connectivity index (χ1) is 14.5. The van der Waals surface area contributed by atoms with Gasteiger partial charge in [-0.15, -0.1) is 0 Å². The highest BCUT2D eigenvalue weighted by atomic mass is 16.2. The number of carbonyl (C=O) groups excluding carboxylic acids is 2. The first-order valence-electron chi connectivity index (χ1n) is 10.8. The van der Waals surface area contributed by atoms with Crippen LogP contribution in [0.1, 0.15) is 54.1 Å². The molecule has 30 heavy (non-hydrogen) atoms. The molecule has 0 aliphatic carbocycles. The molecule has 0 radical (unpaired) electrons. The maximum atomic E-state index is 12.8. The van der Waals surface area contributed by atoms with Crippen LogP contribution in [-0.4, -0.2) is 31.6 Å². The molecule has 3 rings (SSSR count). The Morgan fingerprint density at radius 2 is 1.57 bits per heavy atom. The first kappa shape index (κ1) is 21.7. The molecule has 6 nitrogen and oxygen atoms in total. The van der Waals surface area contributed by atoms with E-state index >= 15 is 0 Å². The van der Waals surface area contributed by atoms with E-state index in [1.165, 1.54) is 12.0 Å². The standard InChI is InChI=1S/C24H32N4O2/c1-4-12-25-23(29)21-16-20(10-11-22(21)28-13-6-5-7-14-28)27-24(30)26-19-9-8-17(2)18(3)15-19/h8-11,15-16H,4-7,12-14H2,1-3H3,(H,25,29)(H2,26,27,30). The van der Waals surface area contributed by atoms with Gasteiger partial charge in [0.2, 0.25) is 0 Å². The van der Waals surface area contributed by atoms with Gasteiger partial charge >= 0.3 is 6.03 Å². The van der Waals surface area contributed by atoms with Gasteiger partial charge in [0, 0.05) is 36.7 Å². The van der Waals surface area contributed by atoms with Crippen molar-refractivity contribution in [1.29, 1.82) is 0 Å². The molecule has 2 aromatic carbocycles. The van der Waals surface area contributed by atoms with Crippen molar-refractivity contribution in [3.8, 4) is 0 Å². The van der Waals surface area contributed by atoms with Crippen molar-refractivity contribution >= 4 is 29.0 Å². The predicted molar refractivity (Wildman–Crippen MR) is 124 cm³/mol. The van der Waals surface area contributed by atoms with E-state index in [1.807, 2.05) is 51.1 Å². The molecule has 3 amide bonds. The first-order valence-corrected chi connectivity index (χ1v) is 10.8. The van der Waals surface area contributed by atoms with Gasteiger partial charge in [0.15, 0.2) is 0 Å². The molecule has 0 atom stereocenters. The van der Waals surface area contributed by atoms with Crippen LogP contribution in [0.25, 0.3) is 0 Å². The van der Waals surface area contributed by atoms with E-state index in [-0.39, 0.29) is 11.9 Å². The number of aryl methyl sites for hydroxylation is 2. The van der Waals surface area contributed by atoms with Gasteiger partial charge in [-0.25, -0.2) is 4.79 Å². The highest BCUT2D eigenvalue weighted by Crippen LogP contribution is 2.27. The molecule has 2 aromatic rings. The molecule has 0 unspecified atom stereocenters. The predicted octanol–water partition coefficient (Wildman–Crippen LogP) is 5.08. The summed E-state index contributed by atoms with van der Waals surface area (Å²) < 4.78 is 0. The number of nitrogens with zero attached hydrogens (tertiary/aromatic N) is 1. The molecule has 0 aromatic heterocycles. The van der Waals surface area contributed by atoms with Crippen molar-refractivity contribution in [2.24, 2.45) is 0 Å². The number of piperidine rings is 1. The Hall–Kier alpha value is -3.02. The third kappa shape index (κ3) is 5.53. The maximum Gasteiger partial charge on any atom is 0.323 e. The highest BCUT2D eigenvalue weighted by molar-refractivity contribution is 6.04. The Morgan fingerprint density at radius 3 is 2.23 bits per heavy atom. The van der Waals surface area contributed by atoms with Gasteiger partial charge in [-0.3, -0.25) is 4.79 Å². The van der Waals surface area contributed by atoms with Crippen LogP contribution in [0, 0.1) is 13.8 Å². The molecule has 1 aliphatic rings. The summed E-state index contributed by atoms with van der Waals surface area (Å²) in [4.78, 5) is 27.6. The van der Waals surface area contributed by atoms with E-state index in [1.54, 1.807) is 6.07 Å². The lowest BCUT2D eigenvalue weighted by molar-refractivity contribution is 0.0954. The van der Waals surface area contributed by atoms with Crippen LogP contribution in [-0.2, 0) is 0 Å². The smallest absolute Gasteiger partial charge is 0.323 e. The van der Waals surface area contributed by atoms with E-state index in [0.29, 0.717) is 17.8 Å². The summed E-state index contributed by atoms with van der Waals surface area (Å²) in [5, 5.41) is 8.68. The van der Waals surface area contributed by atoms with Crippen LogP contribution < -0.4 is 20.9 Å². The molecule has 0 spiro atoms. The molecule has 1 fully saturated rings. The van der Waals surface area contributed by atoms with E-state index in [9.17, 15) is 9.59 Å². The Bertz CT molecular complexity index is 904. The van der Waals surface area contributed by atoms with Crippen LogP contribution in [0.15, 0.2) is 36.4 Å². The highest BCUT2D eigenvalue weighted by Gasteiger charge is 2.19.